The van der Waals surface area contributed by atoms with Crippen LogP contribution < -0.4 is 9.91 Å². The molecule has 0 saturated heterocycles. The second kappa shape index (κ2) is 6.49. The number of carbonyl (C=O) groups excluding carboxylic acids is 1. The summed E-state index contributed by atoms with van der Waals surface area (Å²) in [4.78, 5) is 31.2. The molecule has 22 heavy (non-hydrogen) atoms. The van der Waals surface area contributed by atoms with Crippen molar-refractivity contribution in [3.63, 3.8) is 0 Å². The number of H-pyrrole nitrogens is 1. The van der Waals surface area contributed by atoms with E-state index in [0.717, 1.165) is 22.4 Å². The summed E-state index contributed by atoms with van der Waals surface area (Å²) in [5, 5.41) is 0. The van der Waals surface area contributed by atoms with Gasteiger partial charge < -0.3 is 0 Å². The van der Waals surface area contributed by atoms with Crippen molar-refractivity contribution in [3.05, 3.63) is 46.4 Å². The molecule has 1 unspecified atom stereocenters. The molecule has 0 aliphatic carbocycles. The molecule has 1 atom stereocenters. The molecule has 0 spiro atoms. The van der Waals surface area contributed by atoms with Crippen LogP contribution in [0, 0.1) is 0 Å². The zero-order valence-electron chi connectivity index (χ0n) is 12.8. The van der Waals surface area contributed by atoms with Gasteiger partial charge in [-0.25, -0.2) is 0 Å². The predicted molar refractivity (Wildman–Crippen MR) is 88.0 cm³/mol. The number of nitrogens with one attached hydrogen (secondary N) is 1. The summed E-state index contributed by atoms with van der Waals surface area (Å²) in [5.74, 6) is 0.0778. The Morgan fingerprint density at radius 2 is 1.91 bits per heavy atom. The summed E-state index contributed by atoms with van der Waals surface area (Å²) < 4.78 is 5.80. The first-order valence-corrected chi connectivity index (χ1v) is 8.13. The number of esters is 1. The van der Waals surface area contributed by atoms with Gasteiger partial charge in [0.2, 0.25) is 0 Å². The van der Waals surface area contributed by atoms with E-state index in [1.165, 1.54) is 0 Å². The van der Waals surface area contributed by atoms with Crippen LogP contribution in [0.1, 0.15) is 26.5 Å². The van der Waals surface area contributed by atoms with Crippen molar-refractivity contribution in [2.75, 3.05) is 0 Å². The SMILES string of the molecule is CC(C)(C)OC(=O)Cc1nc(-c2ccccc2)[nH]c(=O)c1[AsH2]. The van der Waals surface area contributed by atoms with Gasteiger partial charge in [0.25, 0.3) is 0 Å². The van der Waals surface area contributed by atoms with Crippen molar-refractivity contribution >= 4 is 27.2 Å². The molecule has 0 aliphatic heterocycles. The maximum atomic E-state index is 12.1. The average molecular weight is 362 g/mol. The second-order valence-corrected chi connectivity index (χ2v) is 7.12. The minimum atomic E-state index is -0.556. The molecule has 0 amide bonds. The number of benzene rings is 1. The Morgan fingerprint density at radius 1 is 1.27 bits per heavy atom. The fourth-order valence-corrected chi connectivity index (χ4v) is 2.41. The van der Waals surface area contributed by atoms with Crippen LogP contribution in [0.5, 0.6) is 0 Å². The minimum absolute atomic E-state index is 0.00535. The number of nitrogens with zero attached hydrogens (tertiary/aromatic N) is 1. The summed E-state index contributed by atoms with van der Waals surface area (Å²) in [6, 6.07) is 9.34. The molecule has 2 rings (SSSR count). The molecular weight excluding hydrogens is 343 g/mol. The Hall–Kier alpha value is -1.87. The van der Waals surface area contributed by atoms with Gasteiger partial charge in [-0.2, -0.15) is 0 Å². The number of rotatable bonds is 3. The topological polar surface area (TPSA) is 72.0 Å². The third-order valence-corrected chi connectivity index (χ3v) is 4.06. The monoisotopic (exact) mass is 362 g/mol. The molecule has 116 valence electrons. The van der Waals surface area contributed by atoms with Gasteiger partial charge in [-0.15, -0.1) is 0 Å². The van der Waals surface area contributed by atoms with Crippen LogP contribution >= 0.6 is 0 Å². The van der Waals surface area contributed by atoms with Crippen molar-refractivity contribution in [2.24, 2.45) is 0 Å². The van der Waals surface area contributed by atoms with Gasteiger partial charge in [0.1, 0.15) is 0 Å². The van der Waals surface area contributed by atoms with E-state index in [-0.39, 0.29) is 17.9 Å². The molecule has 5 nitrogen and oxygen atoms in total. The first-order chi connectivity index (χ1) is 10.3. The Bertz CT molecular complexity index is 733. The first kappa shape index (κ1) is 16.5. The Kier molecular flexibility index (Phi) is 4.87. The number of carbonyl (C=O) groups is 1. The van der Waals surface area contributed by atoms with Gasteiger partial charge in [-0.05, 0) is 0 Å². The molecule has 1 aromatic heterocycles. The normalized spacial score (nSPS) is 11.3. The van der Waals surface area contributed by atoms with Crippen LogP contribution in [-0.2, 0) is 16.0 Å². The fraction of sp³-hybridized carbons (Fsp3) is 0.312. The zero-order chi connectivity index (χ0) is 16.3. The van der Waals surface area contributed by atoms with E-state index < -0.39 is 5.60 Å². The van der Waals surface area contributed by atoms with Crippen molar-refractivity contribution in [2.45, 2.75) is 32.8 Å². The van der Waals surface area contributed by atoms with Crippen LogP contribution in [0.2, 0.25) is 0 Å². The van der Waals surface area contributed by atoms with E-state index in [0.29, 0.717) is 15.9 Å². The molecule has 0 saturated carbocycles. The third-order valence-electron chi connectivity index (χ3n) is 2.81. The fourth-order valence-electron chi connectivity index (χ4n) is 1.91. The first-order valence-electron chi connectivity index (χ1n) is 6.92. The average Bonchev–Trinajstić information content (AvgIpc) is 2.42. The third kappa shape index (κ3) is 4.31. The summed E-state index contributed by atoms with van der Waals surface area (Å²) >= 11 is 1.14. The van der Waals surface area contributed by atoms with Crippen LogP contribution in [0.25, 0.3) is 11.4 Å². The van der Waals surface area contributed by atoms with Gasteiger partial charge in [0.15, 0.2) is 0 Å². The van der Waals surface area contributed by atoms with Crippen molar-refractivity contribution in [1.82, 2.24) is 9.97 Å². The van der Waals surface area contributed by atoms with Crippen molar-refractivity contribution < 1.29 is 9.53 Å². The summed E-state index contributed by atoms with van der Waals surface area (Å²) in [7, 11) is 0. The van der Waals surface area contributed by atoms with E-state index in [4.69, 9.17) is 4.74 Å². The molecule has 1 aromatic carbocycles. The summed E-state index contributed by atoms with van der Waals surface area (Å²) in [5.41, 5.74) is 0.501. The number of ether oxygens (including phenoxy) is 1. The van der Waals surface area contributed by atoms with Gasteiger partial charge in [-0.3, -0.25) is 0 Å². The van der Waals surface area contributed by atoms with Crippen LogP contribution in [0.15, 0.2) is 35.1 Å². The molecular formula is C16H19AsN2O3. The van der Waals surface area contributed by atoms with E-state index in [1.54, 1.807) is 0 Å². The molecule has 1 N–H and O–H groups in total. The molecule has 1 heterocycles. The van der Waals surface area contributed by atoms with Gasteiger partial charge in [0.05, 0.1) is 0 Å². The molecule has 6 heteroatoms. The second-order valence-electron chi connectivity index (χ2n) is 5.90. The number of hydrogen-bond donors (Lipinski definition) is 1. The predicted octanol–water partition coefficient (Wildman–Crippen LogP) is 0.579. The Balaban J connectivity index is 2.34. The van der Waals surface area contributed by atoms with Crippen LogP contribution in [0.3, 0.4) is 0 Å². The number of aromatic amines is 1. The van der Waals surface area contributed by atoms with E-state index in [1.807, 2.05) is 51.1 Å². The van der Waals surface area contributed by atoms with Crippen LogP contribution in [0.4, 0.5) is 0 Å². The zero-order valence-corrected chi connectivity index (χ0v) is 15.3. The van der Waals surface area contributed by atoms with E-state index in [9.17, 15) is 9.59 Å². The van der Waals surface area contributed by atoms with Gasteiger partial charge in [0, 0.05) is 0 Å². The standard InChI is InChI=1S/C16H19AsN2O3/c1-16(2,3)22-12(20)9-11-13(17)15(21)19-14(18-11)10-7-5-4-6-8-10/h4-8H,9,17H2,1-3H3,(H,18,19,21). The van der Waals surface area contributed by atoms with Crippen molar-refractivity contribution in [1.29, 1.82) is 0 Å². The molecule has 0 radical (unpaired) electrons. The van der Waals surface area contributed by atoms with Crippen molar-refractivity contribution in [3.8, 4) is 11.4 Å². The van der Waals surface area contributed by atoms with Crippen LogP contribution in [-0.4, -0.2) is 38.4 Å². The summed E-state index contributed by atoms with van der Waals surface area (Å²) in [6.07, 6.45) is -0.00535. The molecule has 2 aromatic rings. The molecule has 0 bridgehead atoms. The van der Waals surface area contributed by atoms with E-state index >= 15 is 0 Å². The van der Waals surface area contributed by atoms with E-state index in [2.05, 4.69) is 9.97 Å². The quantitative estimate of drug-likeness (QED) is 0.641. The molecule has 0 fully saturated rings. The Morgan fingerprint density at radius 3 is 2.50 bits per heavy atom. The number of aromatic nitrogens is 2. The maximum absolute atomic E-state index is 12.1. The van der Waals surface area contributed by atoms with Gasteiger partial charge >= 0.3 is 137 Å². The Labute approximate surface area is 137 Å². The molecule has 0 aliphatic rings. The number of hydrogen-bond acceptors (Lipinski definition) is 4. The van der Waals surface area contributed by atoms with Gasteiger partial charge in [-0.1, -0.05) is 0 Å². The summed E-state index contributed by atoms with van der Waals surface area (Å²) in [6.45, 7) is 5.42.